The summed E-state index contributed by atoms with van der Waals surface area (Å²) in [5.41, 5.74) is 8.75. The van der Waals surface area contributed by atoms with Gasteiger partial charge in [-0.25, -0.2) is 29.5 Å². The van der Waals surface area contributed by atoms with Crippen molar-refractivity contribution in [2.45, 2.75) is 70.2 Å². The minimum absolute atomic E-state index is 0. The van der Waals surface area contributed by atoms with Gasteiger partial charge in [0.2, 0.25) is 33.4 Å². The Balaban J connectivity index is 0.000000208. The second kappa shape index (κ2) is 25.7. The first-order chi connectivity index (χ1) is 36.4. The number of nitrogens with zero attached hydrogens (tertiary/aromatic N) is 10. The van der Waals surface area contributed by atoms with Gasteiger partial charge in [0.05, 0.1) is 45.7 Å². The van der Waals surface area contributed by atoms with E-state index in [1.807, 2.05) is 76.4 Å². The maximum Gasteiger partial charge on any atom is 0.489 e. The first-order valence-corrected chi connectivity index (χ1v) is 25.5. The highest BCUT2D eigenvalue weighted by molar-refractivity contribution is 9.11. The van der Waals surface area contributed by atoms with Crippen LogP contribution in [-0.4, -0.2) is 103 Å². The fourth-order valence-electron chi connectivity index (χ4n) is 7.20. The number of carbonyl (C=O) groups is 4. The minimum Gasteiger partial charge on any atom is -0.461 e. The van der Waals surface area contributed by atoms with Gasteiger partial charge in [-0.2, -0.15) is 9.97 Å². The summed E-state index contributed by atoms with van der Waals surface area (Å²) in [6.45, 7) is 15.1. The molecule has 26 heteroatoms. The molecule has 10 rings (SSSR count). The van der Waals surface area contributed by atoms with E-state index in [0.29, 0.717) is 79.7 Å². The number of hydrogen-bond acceptors (Lipinski definition) is 20. The maximum absolute atomic E-state index is 13.3. The lowest BCUT2D eigenvalue weighted by atomic mass is 9.82. The molecule has 0 atom stereocenters. The molecule has 0 fully saturated rings. The molecule has 2 amide bonds. The highest BCUT2D eigenvalue weighted by Crippen LogP contribution is 2.32. The number of carbonyl (C=O) groups excluding carboxylic acids is 4. The molecular formula is C52H54BBrN12O10S2. The van der Waals surface area contributed by atoms with Crippen LogP contribution in [0.3, 0.4) is 0 Å². The number of anilines is 2. The van der Waals surface area contributed by atoms with Crippen LogP contribution in [-0.2, 0) is 9.47 Å². The van der Waals surface area contributed by atoms with Crippen LogP contribution in [0.15, 0.2) is 98.3 Å². The van der Waals surface area contributed by atoms with Gasteiger partial charge in [0.1, 0.15) is 22.7 Å². The van der Waals surface area contributed by atoms with Gasteiger partial charge in [-0.3, -0.25) is 18.4 Å². The molecule has 8 aromatic heterocycles. The van der Waals surface area contributed by atoms with Gasteiger partial charge >= 0.3 is 19.1 Å². The number of aryl methyl sites for hydroxylation is 6. The number of imidazole rings is 2. The molecule has 0 aliphatic carbocycles. The number of pyridine rings is 2. The molecule has 0 aliphatic heterocycles. The maximum atomic E-state index is 13.3. The summed E-state index contributed by atoms with van der Waals surface area (Å²) >= 11 is 5.83. The van der Waals surface area contributed by atoms with Crippen molar-refractivity contribution in [3.8, 4) is 33.2 Å². The van der Waals surface area contributed by atoms with E-state index in [2.05, 4.69) is 66.8 Å². The molecule has 4 N–H and O–H groups in total. The second-order valence-electron chi connectivity index (χ2n) is 16.5. The van der Waals surface area contributed by atoms with Crippen molar-refractivity contribution in [2.75, 3.05) is 23.8 Å². The number of hydrogen-bond donors (Lipinski definition) is 4. The summed E-state index contributed by atoms with van der Waals surface area (Å²) in [6, 6.07) is 17.9. The third-order valence-electron chi connectivity index (χ3n) is 11.0. The number of ether oxygens (including phenoxy) is 2. The molecule has 0 unspecified atom stereocenters. The fourth-order valence-corrected chi connectivity index (χ4v) is 9.39. The Morgan fingerprint density at radius 3 is 1.54 bits per heavy atom. The van der Waals surface area contributed by atoms with Crippen LogP contribution in [0.5, 0.6) is 0 Å². The zero-order valence-electron chi connectivity index (χ0n) is 41.9. The van der Waals surface area contributed by atoms with Crippen LogP contribution in [0.4, 0.5) is 11.4 Å². The molecule has 0 bridgehead atoms. The van der Waals surface area contributed by atoms with E-state index >= 15 is 0 Å². The first kappa shape index (κ1) is 59.0. The van der Waals surface area contributed by atoms with E-state index in [1.54, 1.807) is 44.2 Å². The summed E-state index contributed by atoms with van der Waals surface area (Å²) in [5.74, 6) is 0.288. The summed E-state index contributed by atoms with van der Waals surface area (Å²) in [4.78, 5) is 75.5. The Hall–Kier alpha value is -8.30. The van der Waals surface area contributed by atoms with Crippen molar-refractivity contribution in [3.63, 3.8) is 0 Å². The number of rotatable bonds is 12. The van der Waals surface area contributed by atoms with Crippen LogP contribution in [0.1, 0.15) is 104 Å². The predicted molar refractivity (Wildman–Crippen MR) is 300 cm³/mol. The summed E-state index contributed by atoms with van der Waals surface area (Å²) in [5, 5.41) is 33.1. The molecule has 10 aromatic rings. The Labute approximate surface area is 464 Å². The molecule has 8 heterocycles. The van der Waals surface area contributed by atoms with Crippen molar-refractivity contribution in [1.82, 2.24) is 49.0 Å². The van der Waals surface area contributed by atoms with E-state index in [4.69, 9.17) is 18.5 Å². The monoisotopic (exact) mass is 1160 g/mol. The van der Waals surface area contributed by atoms with Gasteiger partial charge in [-0.05, 0) is 104 Å². The molecule has 0 aliphatic rings. The van der Waals surface area contributed by atoms with Gasteiger partial charge in [0, 0.05) is 54.3 Å². The Kier molecular flexibility index (Phi) is 19.4. The summed E-state index contributed by atoms with van der Waals surface area (Å²) in [6.07, 6.45) is 6.24. The number of halogens is 1. The van der Waals surface area contributed by atoms with Crippen molar-refractivity contribution in [1.29, 1.82) is 0 Å². The smallest absolute Gasteiger partial charge is 0.461 e. The lowest BCUT2D eigenvalue weighted by Gasteiger charge is -2.10. The van der Waals surface area contributed by atoms with E-state index in [9.17, 15) is 29.2 Å². The van der Waals surface area contributed by atoms with Gasteiger partial charge < -0.3 is 39.2 Å². The molecule has 404 valence electrons. The third kappa shape index (κ3) is 13.4. The van der Waals surface area contributed by atoms with Crippen LogP contribution >= 0.6 is 38.6 Å². The third-order valence-corrected chi connectivity index (χ3v) is 14.2. The van der Waals surface area contributed by atoms with Crippen molar-refractivity contribution in [3.05, 3.63) is 145 Å². The largest absolute Gasteiger partial charge is 0.489 e. The number of benzene rings is 2. The Bertz CT molecular complexity index is 3770. The summed E-state index contributed by atoms with van der Waals surface area (Å²) in [7, 11) is -1.64. The Morgan fingerprint density at radius 1 is 0.628 bits per heavy atom. The quantitative estimate of drug-likeness (QED) is 0.0654. The molecule has 78 heavy (non-hydrogen) atoms. The standard InChI is InChI=1S/C25H22N6O4S.C18H16BN5O4.C7H8BrNO2S.2CH4/c1-5-34-25(33)24-27-14(3)21(36-24)17-8-9-20-26-11-19(31(20)12-17)23(32)29-18-10-16(7-6-13(18)2)22-28-15(4)35-30-22;1-10-3-4-12(17-21-11(2)28-23-17)7-14(10)22-18(25)15-8-20-16-6-5-13(19(26)27)9-24(15)16;1-3-11-7(10)6-9-4(2)5(8)12-6;;/h6-12H,5H2,1-4H3,(H,29,32);3-9,26-27H,1-2H3,(H,22,25);3H2,1-2H3;2*1H4. The fraction of sp³-hybridized carbons (Fsp3) is 0.231. The Morgan fingerprint density at radius 2 is 1.09 bits per heavy atom. The zero-order valence-corrected chi connectivity index (χ0v) is 45.1. The number of thiazole rings is 2. The lowest BCUT2D eigenvalue weighted by Crippen LogP contribution is -2.30. The number of nitrogens with one attached hydrogen (secondary N) is 2. The molecule has 22 nitrogen and oxygen atoms in total. The number of amides is 2. The van der Waals surface area contributed by atoms with Crippen LogP contribution in [0, 0.1) is 41.5 Å². The van der Waals surface area contributed by atoms with E-state index in [0.717, 1.165) is 36.6 Å². The molecule has 2 aromatic carbocycles. The van der Waals surface area contributed by atoms with Crippen molar-refractivity contribution < 1.29 is 47.7 Å². The zero-order chi connectivity index (χ0) is 54.4. The van der Waals surface area contributed by atoms with E-state index < -0.39 is 13.1 Å². The SMILES string of the molecule is C.C.CCOC(=O)c1nc(C)c(-c2ccc3ncc(C(=O)Nc4cc(-c5noc(C)n5)ccc4C)n3c2)s1.CCOC(=O)c1nc(C)c(Br)s1.Cc1nc(-c2ccc(C)c(NC(=O)c3cnc4ccc(B(O)O)cn34)c2)no1. The average Bonchev–Trinajstić information content (AvgIpc) is 4.31. The highest BCUT2D eigenvalue weighted by atomic mass is 79.9. The number of fused-ring (bicyclic) bond motifs is 2. The normalized spacial score (nSPS) is 10.6. The number of aromatic nitrogens is 10. The number of esters is 2. The van der Waals surface area contributed by atoms with Gasteiger partial charge in [0.15, 0.2) is 0 Å². The van der Waals surface area contributed by atoms with E-state index in [1.165, 1.54) is 51.7 Å². The minimum atomic E-state index is -1.64. The molecule has 0 saturated carbocycles. The summed E-state index contributed by atoms with van der Waals surface area (Å²) < 4.78 is 24.0. The van der Waals surface area contributed by atoms with Gasteiger partial charge in [0.25, 0.3) is 11.8 Å². The van der Waals surface area contributed by atoms with Crippen LogP contribution < -0.4 is 16.1 Å². The molecule has 0 spiro atoms. The second-order valence-corrected chi connectivity index (χ2v) is 19.8. The highest BCUT2D eigenvalue weighted by Gasteiger charge is 2.21. The topological polar surface area (TPSA) is 289 Å². The molecule has 0 radical (unpaired) electrons. The van der Waals surface area contributed by atoms with Gasteiger partial charge in [-0.1, -0.05) is 66.8 Å². The van der Waals surface area contributed by atoms with Crippen molar-refractivity contribution in [2.24, 2.45) is 0 Å². The molecule has 0 saturated heterocycles. The van der Waals surface area contributed by atoms with Gasteiger partial charge in [-0.15, -0.1) is 11.3 Å². The predicted octanol–water partition coefficient (Wildman–Crippen LogP) is 9.46. The van der Waals surface area contributed by atoms with Crippen molar-refractivity contribution >= 4 is 97.6 Å². The molecular weight excluding hydrogens is 1110 g/mol. The first-order valence-electron chi connectivity index (χ1n) is 23.1. The van der Waals surface area contributed by atoms with E-state index in [-0.39, 0.29) is 50.4 Å². The van der Waals surface area contributed by atoms with Crippen LogP contribution in [0.2, 0.25) is 0 Å². The van der Waals surface area contributed by atoms with Crippen LogP contribution in [0.25, 0.3) is 44.5 Å². The lowest BCUT2D eigenvalue weighted by molar-refractivity contribution is 0.0516. The average molecular weight is 1160 g/mol.